The first-order valence-electron chi connectivity index (χ1n) is 7.19. The van der Waals surface area contributed by atoms with Gasteiger partial charge in [0.2, 0.25) is 5.91 Å². The Bertz CT molecular complexity index is 199. The molecule has 1 N–H and O–H groups in total. The molecule has 0 spiro atoms. The molecule has 0 fully saturated rings. The smallest absolute Gasteiger partial charge is 0.219 e. The molecule has 0 aliphatic rings. The molecule has 0 aliphatic carbocycles. The minimum atomic E-state index is 0.229. The summed E-state index contributed by atoms with van der Waals surface area (Å²) in [6, 6.07) is 0. The number of allylic oxidation sites excluding steroid dienone is 2. The molecule has 0 aliphatic heterocycles. The topological polar surface area (TPSA) is 29.1 Å². The summed E-state index contributed by atoms with van der Waals surface area (Å²) in [5, 5.41) is 2.95. The third-order valence-corrected chi connectivity index (χ3v) is 2.86. The first-order chi connectivity index (χ1) is 8.31. The highest BCUT2D eigenvalue weighted by molar-refractivity contribution is 5.75. The maximum Gasteiger partial charge on any atom is 0.219 e. The standard InChI is InChI=1S/C15H29NO/c1-3-5-7-8-9-10-11-12-13-15(17)16-14-6-4-2/h3,5H,4,6-14H2,1-2H3,(H,16,17)/b5-3+. The van der Waals surface area contributed by atoms with Crippen molar-refractivity contribution in [1.82, 2.24) is 5.32 Å². The lowest BCUT2D eigenvalue weighted by Gasteiger charge is -2.04. The first kappa shape index (κ1) is 16.2. The highest BCUT2D eigenvalue weighted by Crippen LogP contribution is 2.07. The SMILES string of the molecule is C/C=C/CCCCCCCC(=O)NCCCC. The monoisotopic (exact) mass is 239 g/mol. The number of carbonyl (C=O) groups excluding carboxylic acids is 1. The van der Waals surface area contributed by atoms with Gasteiger partial charge in [-0.15, -0.1) is 0 Å². The molecule has 0 unspecified atom stereocenters. The third kappa shape index (κ3) is 13.1. The van der Waals surface area contributed by atoms with Crippen molar-refractivity contribution < 1.29 is 4.79 Å². The normalized spacial score (nSPS) is 10.9. The van der Waals surface area contributed by atoms with Crippen molar-refractivity contribution in [3.8, 4) is 0 Å². The number of rotatable bonds is 11. The Morgan fingerprint density at radius 1 is 1.06 bits per heavy atom. The molecule has 100 valence electrons. The predicted octanol–water partition coefficient (Wildman–Crippen LogP) is 4.21. The van der Waals surface area contributed by atoms with Crippen molar-refractivity contribution in [3.63, 3.8) is 0 Å². The van der Waals surface area contributed by atoms with E-state index in [-0.39, 0.29) is 5.91 Å². The lowest BCUT2D eigenvalue weighted by molar-refractivity contribution is -0.121. The van der Waals surface area contributed by atoms with Gasteiger partial charge in [0.15, 0.2) is 0 Å². The second kappa shape index (κ2) is 13.3. The van der Waals surface area contributed by atoms with Crippen LogP contribution < -0.4 is 5.32 Å². The summed E-state index contributed by atoms with van der Waals surface area (Å²) in [6.07, 6.45) is 14.6. The maximum atomic E-state index is 11.4. The number of hydrogen-bond donors (Lipinski definition) is 1. The number of hydrogen-bond acceptors (Lipinski definition) is 1. The molecule has 0 aromatic rings. The van der Waals surface area contributed by atoms with Gasteiger partial charge >= 0.3 is 0 Å². The summed E-state index contributed by atoms with van der Waals surface area (Å²) in [7, 11) is 0. The van der Waals surface area contributed by atoms with E-state index in [1.54, 1.807) is 0 Å². The molecule has 0 rings (SSSR count). The van der Waals surface area contributed by atoms with E-state index in [1.165, 1.54) is 32.1 Å². The van der Waals surface area contributed by atoms with Crippen LogP contribution in [-0.4, -0.2) is 12.5 Å². The Kier molecular flexibility index (Phi) is 12.7. The molecular weight excluding hydrogens is 210 g/mol. The molecule has 2 nitrogen and oxygen atoms in total. The van der Waals surface area contributed by atoms with E-state index < -0.39 is 0 Å². The summed E-state index contributed by atoms with van der Waals surface area (Å²) in [4.78, 5) is 11.4. The lowest BCUT2D eigenvalue weighted by Crippen LogP contribution is -2.23. The summed E-state index contributed by atoms with van der Waals surface area (Å²) in [6.45, 7) is 5.05. The van der Waals surface area contributed by atoms with Crippen LogP contribution in [0.25, 0.3) is 0 Å². The number of nitrogens with one attached hydrogen (secondary N) is 1. The van der Waals surface area contributed by atoms with Crippen LogP contribution in [0.5, 0.6) is 0 Å². The summed E-state index contributed by atoms with van der Waals surface area (Å²) < 4.78 is 0. The van der Waals surface area contributed by atoms with Gasteiger partial charge in [-0.25, -0.2) is 0 Å². The van der Waals surface area contributed by atoms with Crippen molar-refractivity contribution in [3.05, 3.63) is 12.2 Å². The zero-order valence-electron chi connectivity index (χ0n) is 11.6. The third-order valence-electron chi connectivity index (χ3n) is 2.86. The van der Waals surface area contributed by atoms with Gasteiger partial charge in [0.1, 0.15) is 0 Å². The maximum absolute atomic E-state index is 11.4. The minimum Gasteiger partial charge on any atom is -0.356 e. The van der Waals surface area contributed by atoms with E-state index in [4.69, 9.17) is 0 Å². The molecule has 0 radical (unpaired) electrons. The van der Waals surface area contributed by atoms with Crippen LogP contribution in [0.3, 0.4) is 0 Å². The summed E-state index contributed by atoms with van der Waals surface area (Å²) >= 11 is 0. The molecule has 0 bridgehead atoms. The molecule has 2 heteroatoms. The van der Waals surface area contributed by atoms with E-state index in [9.17, 15) is 4.79 Å². The van der Waals surface area contributed by atoms with Crippen LogP contribution in [0.4, 0.5) is 0 Å². The highest BCUT2D eigenvalue weighted by atomic mass is 16.1. The van der Waals surface area contributed by atoms with Crippen LogP contribution in [0, 0.1) is 0 Å². The predicted molar refractivity (Wildman–Crippen MR) is 75.1 cm³/mol. The van der Waals surface area contributed by atoms with Crippen molar-refractivity contribution in [1.29, 1.82) is 0 Å². The van der Waals surface area contributed by atoms with Gasteiger partial charge < -0.3 is 5.32 Å². The van der Waals surface area contributed by atoms with Gasteiger partial charge in [0.05, 0.1) is 0 Å². The molecule has 1 amide bonds. The fraction of sp³-hybridized carbons (Fsp3) is 0.800. The molecule has 0 aromatic heterocycles. The summed E-state index contributed by atoms with van der Waals surface area (Å²) in [5.41, 5.74) is 0. The van der Waals surface area contributed by atoms with E-state index in [0.717, 1.165) is 25.8 Å². The zero-order chi connectivity index (χ0) is 12.8. The quantitative estimate of drug-likeness (QED) is 0.425. The Hall–Kier alpha value is -0.790. The highest BCUT2D eigenvalue weighted by Gasteiger charge is 1.99. The van der Waals surface area contributed by atoms with Gasteiger partial charge in [-0.3, -0.25) is 4.79 Å². The molecule has 0 aromatic carbocycles. The molecule has 0 heterocycles. The van der Waals surface area contributed by atoms with E-state index in [2.05, 4.69) is 31.3 Å². The van der Waals surface area contributed by atoms with Crippen LogP contribution in [0.2, 0.25) is 0 Å². The van der Waals surface area contributed by atoms with Crippen molar-refractivity contribution >= 4 is 5.91 Å². The van der Waals surface area contributed by atoms with Gasteiger partial charge in [0, 0.05) is 13.0 Å². The van der Waals surface area contributed by atoms with Crippen molar-refractivity contribution in [2.75, 3.05) is 6.54 Å². The van der Waals surface area contributed by atoms with Crippen LogP contribution >= 0.6 is 0 Å². The molecule has 0 saturated heterocycles. The lowest BCUT2D eigenvalue weighted by atomic mass is 10.1. The first-order valence-corrected chi connectivity index (χ1v) is 7.19. The van der Waals surface area contributed by atoms with Crippen LogP contribution in [0.15, 0.2) is 12.2 Å². The summed E-state index contributed by atoms with van der Waals surface area (Å²) in [5.74, 6) is 0.229. The fourth-order valence-electron chi connectivity index (χ4n) is 1.74. The second-order valence-corrected chi connectivity index (χ2v) is 4.58. The van der Waals surface area contributed by atoms with E-state index in [1.807, 2.05) is 0 Å². The Morgan fingerprint density at radius 3 is 2.47 bits per heavy atom. The minimum absolute atomic E-state index is 0.229. The van der Waals surface area contributed by atoms with Gasteiger partial charge in [-0.1, -0.05) is 44.8 Å². The zero-order valence-corrected chi connectivity index (χ0v) is 11.6. The van der Waals surface area contributed by atoms with Gasteiger partial charge in [0.25, 0.3) is 0 Å². The average Bonchev–Trinajstić information content (AvgIpc) is 2.33. The number of unbranched alkanes of at least 4 members (excludes halogenated alkanes) is 6. The largest absolute Gasteiger partial charge is 0.356 e. The van der Waals surface area contributed by atoms with Gasteiger partial charge in [-0.05, 0) is 32.6 Å². The van der Waals surface area contributed by atoms with Crippen molar-refractivity contribution in [2.45, 2.75) is 71.6 Å². The Morgan fingerprint density at radius 2 is 1.76 bits per heavy atom. The molecule has 17 heavy (non-hydrogen) atoms. The van der Waals surface area contributed by atoms with E-state index in [0.29, 0.717) is 6.42 Å². The number of amides is 1. The molecule has 0 atom stereocenters. The van der Waals surface area contributed by atoms with Crippen LogP contribution in [0.1, 0.15) is 71.6 Å². The fourth-order valence-corrected chi connectivity index (χ4v) is 1.74. The van der Waals surface area contributed by atoms with Crippen LogP contribution in [-0.2, 0) is 4.79 Å². The average molecular weight is 239 g/mol. The van der Waals surface area contributed by atoms with Crippen molar-refractivity contribution in [2.24, 2.45) is 0 Å². The molecular formula is C15H29NO. The number of carbonyl (C=O) groups is 1. The van der Waals surface area contributed by atoms with Gasteiger partial charge in [-0.2, -0.15) is 0 Å². The Labute approximate surface area is 107 Å². The Balaban J connectivity index is 3.13. The second-order valence-electron chi connectivity index (χ2n) is 4.58. The van der Waals surface area contributed by atoms with E-state index >= 15 is 0 Å². The molecule has 0 saturated carbocycles.